The molecule has 210 valence electrons. The molecule has 0 aliphatic carbocycles. The smallest absolute Gasteiger partial charge is 0.338 e. The third kappa shape index (κ3) is 5.45. The van der Waals surface area contributed by atoms with Gasteiger partial charge in [-0.25, -0.2) is 9.79 Å². The van der Waals surface area contributed by atoms with Crippen LogP contribution in [0.15, 0.2) is 86.6 Å². The van der Waals surface area contributed by atoms with Crippen LogP contribution in [0, 0.1) is 0 Å². The van der Waals surface area contributed by atoms with Crippen LogP contribution < -0.4 is 29.1 Å². The number of nitrogens with zero attached hydrogens (tertiary/aromatic N) is 2. The Hall–Kier alpha value is -4.15. The first kappa shape index (κ1) is 28.4. The van der Waals surface area contributed by atoms with Gasteiger partial charge in [0.2, 0.25) is 0 Å². The molecule has 10 heteroatoms. The van der Waals surface area contributed by atoms with E-state index in [2.05, 4.69) is 15.9 Å². The van der Waals surface area contributed by atoms with E-state index < -0.39 is 12.0 Å². The lowest BCUT2D eigenvalue weighted by molar-refractivity contribution is -0.138. The highest BCUT2D eigenvalue weighted by Gasteiger charge is 2.35. The molecule has 0 radical (unpaired) electrons. The zero-order valence-corrected chi connectivity index (χ0v) is 25.2. The van der Waals surface area contributed by atoms with Gasteiger partial charge in [0, 0.05) is 10.0 Å². The van der Waals surface area contributed by atoms with Crippen LogP contribution in [-0.4, -0.2) is 38.5 Å². The van der Waals surface area contributed by atoms with E-state index in [0.717, 1.165) is 15.6 Å². The molecular formula is C31H27BrN2O6S. The van der Waals surface area contributed by atoms with Gasteiger partial charge in [-0.3, -0.25) is 9.36 Å². The molecule has 0 saturated carbocycles. The van der Waals surface area contributed by atoms with E-state index in [4.69, 9.17) is 23.9 Å². The number of thiazole rings is 1. The minimum Gasteiger partial charge on any atom is -0.497 e. The van der Waals surface area contributed by atoms with E-state index in [1.54, 1.807) is 43.9 Å². The molecule has 0 fully saturated rings. The van der Waals surface area contributed by atoms with Crippen molar-refractivity contribution < 1.29 is 23.7 Å². The summed E-state index contributed by atoms with van der Waals surface area (Å²) in [6.45, 7) is 1.91. The normalized spacial score (nSPS) is 14.8. The van der Waals surface area contributed by atoms with Gasteiger partial charge in [0.25, 0.3) is 5.56 Å². The maximum atomic E-state index is 14.1. The summed E-state index contributed by atoms with van der Waals surface area (Å²) in [5.41, 5.74) is 2.55. The summed E-state index contributed by atoms with van der Waals surface area (Å²) in [7, 11) is 4.68. The number of esters is 1. The van der Waals surface area contributed by atoms with Gasteiger partial charge in [-0.05, 0) is 54.5 Å². The molecule has 1 aliphatic rings. The second kappa shape index (κ2) is 12.2. The number of carbonyl (C=O) groups is 1. The van der Waals surface area contributed by atoms with Gasteiger partial charge in [0.15, 0.2) is 16.3 Å². The first-order chi connectivity index (χ1) is 19.9. The molecule has 0 spiro atoms. The highest BCUT2D eigenvalue weighted by Crippen LogP contribution is 2.38. The van der Waals surface area contributed by atoms with E-state index in [-0.39, 0.29) is 17.7 Å². The number of aromatic nitrogens is 1. The number of methoxy groups -OCH3 is 3. The third-order valence-corrected chi connectivity index (χ3v) is 8.29. The van der Waals surface area contributed by atoms with Gasteiger partial charge in [-0.2, -0.15) is 0 Å². The fraction of sp³-hybridized carbons (Fsp3) is 0.194. The summed E-state index contributed by atoms with van der Waals surface area (Å²) in [4.78, 5) is 33.1. The van der Waals surface area contributed by atoms with Gasteiger partial charge in [-0.1, -0.05) is 63.7 Å². The Kier molecular flexibility index (Phi) is 8.41. The lowest BCUT2D eigenvalue weighted by Gasteiger charge is -2.26. The van der Waals surface area contributed by atoms with Crippen LogP contribution in [-0.2, 0) is 9.53 Å². The van der Waals surface area contributed by atoms with Crippen molar-refractivity contribution in [3.05, 3.63) is 113 Å². The first-order valence-electron chi connectivity index (χ1n) is 12.7. The highest BCUT2D eigenvalue weighted by atomic mass is 79.9. The zero-order valence-electron chi connectivity index (χ0n) is 22.8. The SMILES string of the molecule is CCOC(=O)C1=C(c2ccccc2)N=c2s/c(=C\c3cc(OC)ccc3Br)c(=O)n2[C@@H]1c1ccc(OC)c(OC)c1. The van der Waals surface area contributed by atoms with Crippen molar-refractivity contribution >= 4 is 45.0 Å². The van der Waals surface area contributed by atoms with E-state index in [1.165, 1.54) is 18.4 Å². The molecule has 0 bridgehead atoms. The summed E-state index contributed by atoms with van der Waals surface area (Å²) in [5, 5.41) is 0. The summed E-state index contributed by atoms with van der Waals surface area (Å²) < 4.78 is 24.7. The summed E-state index contributed by atoms with van der Waals surface area (Å²) >= 11 is 4.81. The molecule has 8 nitrogen and oxygen atoms in total. The van der Waals surface area contributed by atoms with E-state index in [0.29, 0.717) is 37.8 Å². The van der Waals surface area contributed by atoms with Crippen LogP contribution in [0.3, 0.4) is 0 Å². The second-order valence-corrected chi connectivity index (χ2v) is 10.8. The summed E-state index contributed by atoms with van der Waals surface area (Å²) in [6, 6.07) is 19.4. The largest absolute Gasteiger partial charge is 0.497 e. The maximum Gasteiger partial charge on any atom is 0.338 e. The number of ether oxygens (including phenoxy) is 4. The van der Waals surface area contributed by atoms with E-state index in [1.807, 2.05) is 54.6 Å². The molecule has 41 heavy (non-hydrogen) atoms. The Morgan fingerprint density at radius 1 is 1.00 bits per heavy atom. The lowest BCUT2D eigenvalue weighted by atomic mass is 9.93. The summed E-state index contributed by atoms with van der Waals surface area (Å²) in [5.74, 6) is 1.09. The van der Waals surface area contributed by atoms with Crippen LogP contribution in [0.1, 0.15) is 29.7 Å². The number of hydrogen-bond donors (Lipinski definition) is 0. The van der Waals surface area contributed by atoms with Gasteiger partial charge in [0.1, 0.15) is 5.75 Å². The standard InChI is InChI=1S/C31H27BrN2O6S/c1-5-40-30(36)26-27(18-9-7-6-8-10-18)33-31-34(28(26)19-11-14-23(38-3)24(16-19)39-4)29(35)25(41-31)17-20-15-21(37-2)12-13-22(20)32/h6-17,28H,5H2,1-4H3/b25-17-/t28-/m1/s1. The number of hydrogen-bond acceptors (Lipinski definition) is 8. The Bertz CT molecular complexity index is 1830. The highest BCUT2D eigenvalue weighted by molar-refractivity contribution is 9.10. The van der Waals surface area contributed by atoms with Gasteiger partial charge in [0.05, 0.1) is 49.8 Å². The molecule has 0 unspecified atom stereocenters. The molecule has 4 aromatic rings. The molecule has 0 saturated heterocycles. The first-order valence-corrected chi connectivity index (χ1v) is 14.3. The van der Waals surface area contributed by atoms with Crippen molar-refractivity contribution in [2.45, 2.75) is 13.0 Å². The quantitative estimate of drug-likeness (QED) is 0.261. The van der Waals surface area contributed by atoms with Crippen molar-refractivity contribution in [3.63, 3.8) is 0 Å². The fourth-order valence-corrected chi connectivity index (χ4v) is 6.03. The average Bonchev–Trinajstić information content (AvgIpc) is 3.31. The van der Waals surface area contributed by atoms with Crippen LogP contribution >= 0.6 is 27.3 Å². The van der Waals surface area contributed by atoms with Crippen LogP contribution in [0.25, 0.3) is 11.8 Å². The van der Waals surface area contributed by atoms with Crippen molar-refractivity contribution in [1.29, 1.82) is 0 Å². The molecule has 5 rings (SSSR count). The maximum absolute atomic E-state index is 14.1. The summed E-state index contributed by atoms with van der Waals surface area (Å²) in [6.07, 6.45) is 1.79. The van der Waals surface area contributed by atoms with Gasteiger partial charge in [-0.15, -0.1) is 0 Å². The Balaban J connectivity index is 1.85. The molecule has 3 aromatic carbocycles. The van der Waals surface area contributed by atoms with Gasteiger partial charge < -0.3 is 18.9 Å². The number of fused-ring (bicyclic) bond motifs is 1. The number of halogens is 1. The number of rotatable bonds is 8. The molecule has 0 amide bonds. The molecule has 2 heterocycles. The van der Waals surface area contributed by atoms with Gasteiger partial charge >= 0.3 is 5.97 Å². The molecule has 0 N–H and O–H groups in total. The number of carbonyl (C=O) groups excluding carboxylic acids is 1. The minimum atomic E-state index is -0.837. The van der Waals surface area contributed by atoms with E-state index in [9.17, 15) is 9.59 Å². The monoisotopic (exact) mass is 634 g/mol. The fourth-order valence-electron chi connectivity index (χ4n) is 4.68. The minimum absolute atomic E-state index is 0.164. The molecular weight excluding hydrogens is 608 g/mol. The Morgan fingerprint density at radius 3 is 2.44 bits per heavy atom. The lowest BCUT2D eigenvalue weighted by Crippen LogP contribution is -2.40. The van der Waals surface area contributed by atoms with Crippen molar-refractivity contribution in [3.8, 4) is 17.2 Å². The molecule has 1 aromatic heterocycles. The third-order valence-electron chi connectivity index (χ3n) is 6.59. The van der Waals surface area contributed by atoms with Crippen LogP contribution in [0.2, 0.25) is 0 Å². The Labute approximate surface area is 248 Å². The topological polar surface area (TPSA) is 88.4 Å². The average molecular weight is 636 g/mol. The van der Waals surface area contributed by atoms with Crippen molar-refractivity contribution in [1.82, 2.24) is 4.57 Å². The molecule has 1 atom stereocenters. The molecule has 1 aliphatic heterocycles. The second-order valence-electron chi connectivity index (χ2n) is 8.93. The predicted molar refractivity (Wildman–Crippen MR) is 161 cm³/mol. The number of benzene rings is 3. The zero-order chi connectivity index (χ0) is 29.1. The Morgan fingerprint density at radius 2 is 1.76 bits per heavy atom. The van der Waals surface area contributed by atoms with Crippen molar-refractivity contribution in [2.75, 3.05) is 27.9 Å². The van der Waals surface area contributed by atoms with Crippen LogP contribution in [0.5, 0.6) is 17.2 Å². The van der Waals surface area contributed by atoms with E-state index >= 15 is 0 Å². The predicted octanol–water partition coefficient (Wildman–Crippen LogP) is 4.72. The van der Waals surface area contributed by atoms with Crippen LogP contribution in [0.4, 0.5) is 0 Å². The van der Waals surface area contributed by atoms with Crippen molar-refractivity contribution in [2.24, 2.45) is 4.99 Å².